The van der Waals surface area contributed by atoms with Gasteiger partial charge in [0.1, 0.15) is 4.90 Å². The number of nitro groups is 1. The molecular formula is C35H48INO5S+. The molecule has 0 unspecified atom stereocenters. The second-order valence-electron chi connectivity index (χ2n) is 14.1. The van der Waals surface area contributed by atoms with E-state index in [1.165, 1.54) is 0 Å². The van der Waals surface area contributed by atoms with E-state index >= 15 is 0 Å². The third-order valence-corrected chi connectivity index (χ3v) is 15.0. The van der Waals surface area contributed by atoms with Crippen molar-refractivity contribution in [1.29, 1.82) is 0 Å². The summed E-state index contributed by atoms with van der Waals surface area (Å²) in [5.74, 6) is -0.757. The van der Waals surface area contributed by atoms with Gasteiger partial charge in [-0.2, -0.15) is 8.42 Å². The van der Waals surface area contributed by atoms with E-state index in [9.17, 15) is 18.5 Å². The Morgan fingerprint density at radius 3 is 1.40 bits per heavy atom. The standard InChI is InChI=1S/C35H48INO5S/c1-22(2)29-21-30(23(3)4)33(31(24(5)6)32(29)37(38)39)43(40,41)42-36(27-17-13-25(14-18-27)34(7,8)9)28-19-15-26(16-20-28)35(10,11)12/h13-24H,1-12H3/q+1. The summed E-state index contributed by atoms with van der Waals surface area (Å²) >= 11 is -3.07. The molecule has 0 aromatic heterocycles. The Morgan fingerprint density at radius 2 is 1.09 bits per heavy atom. The number of rotatable bonds is 9. The Balaban J connectivity index is 2.33. The Kier molecular flexibility index (Phi) is 10.6. The summed E-state index contributed by atoms with van der Waals surface area (Å²) in [4.78, 5) is 12.0. The molecule has 0 saturated carbocycles. The molecule has 0 spiro atoms. The molecule has 3 aromatic rings. The van der Waals surface area contributed by atoms with Gasteiger partial charge >= 0.3 is 30.4 Å². The summed E-state index contributed by atoms with van der Waals surface area (Å²) in [5.41, 5.74) is 3.36. The highest BCUT2D eigenvalue weighted by molar-refractivity contribution is 7.86. The molecule has 8 heteroatoms. The molecule has 0 bridgehead atoms. The number of hydrogen-bond donors (Lipinski definition) is 0. The fraction of sp³-hybridized carbons (Fsp3) is 0.486. The van der Waals surface area contributed by atoms with Crippen molar-refractivity contribution in [2.24, 2.45) is 0 Å². The van der Waals surface area contributed by atoms with Crippen molar-refractivity contribution in [3.63, 3.8) is 0 Å². The molecule has 0 amide bonds. The van der Waals surface area contributed by atoms with E-state index in [-0.39, 0.29) is 38.8 Å². The highest BCUT2D eigenvalue weighted by Gasteiger charge is 2.43. The lowest BCUT2D eigenvalue weighted by Crippen LogP contribution is -3.85. The lowest BCUT2D eigenvalue weighted by Gasteiger charge is -2.22. The molecule has 0 aliphatic rings. The van der Waals surface area contributed by atoms with Crippen LogP contribution in [0.5, 0.6) is 0 Å². The molecule has 0 aliphatic carbocycles. The number of halogens is 1. The maximum Gasteiger partial charge on any atom is 0.337 e. The molecule has 0 aliphatic heterocycles. The number of hydrogen-bond acceptors (Lipinski definition) is 5. The first-order valence-corrected chi connectivity index (χ1v) is 19.3. The van der Waals surface area contributed by atoms with E-state index in [1.54, 1.807) is 6.07 Å². The van der Waals surface area contributed by atoms with Gasteiger partial charge in [0.05, 0.1) is 10.5 Å². The molecule has 6 nitrogen and oxygen atoms in total. The van der Waals surface area contributed by atoms with Crippen molar-refractivity contribution in [3.8, 4) is 0 Å². The van der Waals surface area contributed by atoms with Crippen molar-refractivity contribution in [2.45, 2.75) is 117 Å². The third kappa shape index (κ3) is 7.87. The van der Waals surface area contributed by atoms with Gasteiger partial charge in [0.15, 0.2) is 7.14 Å². The largest absolute Gasteiger partial charge is 0.337 e. The number of nitro benzene ring substituents is 1. The van der Waals surface area contributed by atoms with Crippen LogP contribution in [0, 0.1) is 17.3 Å². The number of nitrogens with zero attached hydrogens (tertiary/aromatic N) is 1. The smallest absolute Gasteiger partial charge is 0.258 e. The van der Waals surface area contributed by atoms with Crippen LogP contribution < -0.4 is 20.2 Å². The van der Waals surface area contributed by atoms with Crippen LogP contribution in [0.15, 0.2) is 59.5 Å². The Morgan fingerprint density at radius 1 is 0.698 bits per heavy atom. The summed E-state index contributed by atoms with van der Waals surface area (Å²) in [7, 11) is -4.42. The maximum atomic E-state index is 14.5. The molecule has 1 radical (unpaired) electrons. The zero-order valence-electron chi connectivity index (χ0n) is 27.7. The first-order valence-electron chi connectivity index (χ1n) is 14.9. The van der Waals surface area contributed by atoms with Crippen LogP contribution in [0.3, 0.4) is 0 Å². The van der Waals surface area contributed by atoms with Gasteiger partial charge in [-0.1, -0.05) is 107 Å². The number of benzene rings is 3. The monoisotopic (exact) mass is 721 g/mol. The fourth-order valence-electron chi connectivity index (χ4n) is 5.05. The average molecular weight is 722 g/mol. The van der Waals surface area contributed by atoms with Crippen LogP contribution in [-0.2, 0) is 23.5 Å². The van der Waals surface area contributed by atoms with Crippen molar-refractivity contribution in [1.82, 2.24) is 0 Å². The predicted molar refractivity (Wildman–Crippen MR) is 171 cm³/mol. The molecule has 0 fully saturated rings. The van der Waals surface area contributed by atoms with Gasteiger partial charge < -0.3 is 0 Å². The first kappa shape index (κ1) is 35.2. The van der Waals surface area contributed by atoms with E-state index in [0.717, 1.165) is 18.3 Å². The van der Waals surface area contributed by atoms with Crippen LogP contribution >= 0.6 is 0 Å². The average Bonchev–Trinajstić information content (AvgIpc) is 2.89. The maximum absolute atomic E-state index is 14.5. The summed E-state index contributed by atoms with van der Waals surface area (Å²) in [5, 5.41) is 12.5. The van der Waals surface area contributed by atoms with Gasteiger partial charge in [0, 0.05) is 5.56 Å². The van der Waals surface area contributed by atoms with Crippen LogP contribution in [0.1, 0.15) is 129 Å². The Labute approximate surface area is 266 Å². The second kappa shape index (κ2) is 13.0. The molecule has 0 saturated heterocycles. The van der Waals surface area contributed by atoms with Crippen molar-refractivity contribution >= 4 is 15.8 Å². The summed E-state index contributed by atoms with van der Waals surface area (Å²) in [6, 6.07) is 17.8. The van der Waals surface area contributed by atoms with Gasteiger partial charge in [-0.15, -0.1) is 0 Å². The molecule has 0 heterocycles. The normalized spacial score (nSPS) is 13.0. The van der Waals surface area contributed by atoms with Crippen molar-refractivity contribution < 1.29 is 36.1 Å². The second-order valence-corrected chi connectivity index (χ2v) is 20.6. The van der Waals surface area contributed by atoms with Gasteiger partial charge in [-0.25, -0.2) is 0 Å². The van der Waals surface area contributed by atoms with Crippen LogP contribution in [0.4, 0.5) is 5.69 Å². The SMILES string of the molecule is CC(C)c1cc(C(C)C)c(S(=O)(=O)O[I+](c2ccc(C(C)(C)C)cc2)c2ccc(C(C)(C)C)cc2)c(C(C)C)c1[N+](=O)[O-]. The fourth-order valence-corrected chi connectivity index (χ4v) is 12.6. The van der Waals surface area contributed by atoms with E-state index in [2.05, 4.69) is 41.5 Å². The lowest BCUT2D eigenvalue weighted by atomic mass is 9.87. The van der Waals surface area contributed by atoms with E-state index in [4.69, 9.17) is 2.51 Å². The highest BCUT2D eigenvalue weighted by atomic mass is 127. The van der Waals surface area contributed by atoms with Crippen molar-refractivity contribution in [3.05, 3.63) is 99.7 Å². The Hall–Kier alpha value is -2.30. The van der Waals surface area contributed by atoms with Gasteiger partial charge in [-0.05, 0) is 78.1 Å². The molecular weight excluding hydrogens is 673 g/mol. The van der Waals surface area contributed by atoms with Gasteiger partial charge in [0.25, 0.3) is 5.69 Å². The lowest BCUT2D eigenvalue weighted by molar-refractivity contribution is -1.03. The summed E-state index contributed by atoms with van der Waals surface area (Å²) in [6.45, 7) is 24.1. The molecule has 3 aromatic carbocycles. The highest BCUT2D eigenvalue weighted by Crippen LogP contribution is 2.43. The topological polar surface area (TPSA) is 86.5 Å². The minimum Gasteiger partial charge on any atom is -0.258 e. The molecule has 235 valence electrons. The molecule has 0 N–H and O–H groups in total. The zero-order valence-corrected chi connectivity index (χ0v) is 30.7. The quantitative estimate of drug-likeness (QED) is 0.142. The van der Waals surface area contributed by atoms with Crippen molar-refractivity contribution in [2.75, 3.05) is 0 Å². The van der Waals surface area contributed by atoms with E-state index in [1.807, 2.05) is 90.1 Å². The Bertz CT molecular complexity index is 1500. The molecule has 3 rings (SSSR count). The van der Waals surface area contributed by atoms with E-state index in [0.29, 0.717) is 11.1 Å². The van der Waals surface area contributed by atoms with Crippen LogP contribution in [0.25, 0.3) is 0 Å². The van der Waals surface area contributed by atoms with Crippen LogP contribution in [0.2, 0.25) is 0 Å². The molecule has 0 atom stereocenters. The summed E-state index contributed by atoms with van der Waals surface area (Å²) in [6.07, 6.45) is 0. The first-order chi connectivity index (χ1) is 19.7. The zero-order chi connectivity index (χ0) is 32.7. The summed E-state index contributed by atoms with van der Waals surface area (Å²) < 4.78 is 37.1. The van der Waals surface area contributed by atoms with Gasteiger partial charge in [-0.3, -0.25) is 10.1 Å². The van der Waals surface area contributed by atoms with Gasteiger partial charge in [0.2, 0.25) is 0 Å². The van der Waals surface area contributed by atoms with E-state index < -0.39 is 41.2 Å². The predicted octanol–water partition coefficient (Wildman–Crippen LogP) is 6.54. The van der Waals surface area contributed by atoms with Crippen LogP contribution in [-0.4, -0.2) is 13.3 Å². The minimum absolute atomic E-state index is 0.0477. The third-order valence-electron chi connectivity index (χ3n) is 7.56. The molecule has 43 heavy (non-hydrogen) atoms. The minimum atomic E-state index is -4.42.